The molecule has 20 heavy (non-hydrogen) atoms. The van der Waals surface area contributed by atoms with Crippen LogP contribution in [0.3, 0.4) is 0 Å². The van der Waals surface area contributed by atoms with Crippen LogP contribution in [0.5, 0.6) is 5.75 Å². The van der Waals surface area contributed by atoms with Crippen LogP contribution in [0.4, 0.5) is 0 Å². The second kappa shape index (κ2) is 6.60. The summed E-state index contributed by atoms with van der Waals surface area (Å²) in [5.74, 6) is 0.887. The maximum absolute atomic E-state index is 8.82. The number of nitrogens with zero attached hydrogens (tertiary/aromatic N) is 1. The van der Waals surface area contributed by atoms with Crippen LogP contribution in [0, 0.1) is 16.7 Å². The lowest BCUT2D eigenvalue weighted by Gasteiger charge is -2.15. The summed E-state index contributed by atoms with van der Waals surface area (Å²) in [5.41, 5.74) is 1.32. The highest BCUT2D eigenvalue weighted by Gasteiger charge is 2.43. The molecule has 0 bridgehead atoms. The molecular weight excluding hydrogens is 316 g/mol. The van der Waals surface area contributed by atoms with E-state index in [0.717, 1.165) is 29.6 Å². The van der Waals surface area contributed by atoms with Crippen molar-refractivity contribution in [3.8, 4) is 11.8 Å². The minimum atomic E-state index is 0.123. The van der Waals surface area contributed by atoms with Crippen LogP contribution in [0.15, 0.2) is 22.7 Å². The highest BCUT2D eigenvalue weighted by atomic mass is 79.9. The molecule has 3 nitrogen and oxygen atoms in total. The molecule has 1 aliphatic rings. The zero-order chi connectivity index (χ0) is 14.6. The molecule has 1 aliphatic carbocycles. The largest absolute Gasteiger partial charge is 0.493 e. The summed E-state index contributed by atoms with van der Waals surface area (Å²) in [6, 6.07) is 8.79. The second-order valence-corrected chi connectivity index (χ2v) is 6.77. The number of hydrogen-bond acceptors (Lipinski definition) is 3. The second-order valence-electron chi connectivity index (χ2n) is 5.91. The first-order valence-corrected chi connectivity index (χ1v) is 7.85. The average molecular weight is 337 g/mol. The average Bonchev–Trinajstić information content (AvgIpc) is 3.17. The maximum Gasteiger partial charge on any atom is 0.119 e. The van der Waals surface area contributed by atoms with Crippen molar-refractivity contribution in [2.45, 2.75) is 45.7 Å². The zero-order valence-electron chi connectivity index (χ0n) is 12.1. The van der Waals surface area contributed by atoms with Gasteiger partial charge in [0.25, 0.3) is 0 Å². The Hall–Kier alpha value is -1.05. The summed E-state index contributed by atoms with van der Waals surface area (Å²) in [6.07, 6.45) is 2.82. The van der Waals surface area contributed by atoms with E-state index >= 15 is 0 Å². The van der Waals surface area contributed by atoms with Crippen LogP contribution >= 0.6 is 15.9 Å². The van der Waals surface area contributed by atoms with E-state index in [2.05, 4.69) is 47.2 Å². The van der Waals surface area contributed by atoms with Gasteiger partial charge in [-0.25, -0.2) is 0 Å². The number of halogens is 1. The molecule has 0 spiro atoms. The van der Waals surface area contributed by atoms with Gasteiger partial charge in [0, 0.05) is 28.9 Å². The molecule has 0 radical (unpaired) electrons. The van der Waals surface area contributed by atoms with E-state index in [9.17, 15) is 0 Å². The third kappa shape index (κ3) is 4.22. The molecule has 0 amide bonds. The van der Waals surface area contributed by atoms with E-state index in [-0.39, 0.29) is 5.41 Å². The molecule has 0 aliphatic heterocycles. The van der Waals surface area contributed by atoms with Crippen LogP contribution in [0.1, 0.15) is 38.7 Å². The predicted octanol–water partition coefficient (Wildman–Crippen LogP) is 4.02. The van der Waals surface area contributed by atoms with Gasteiger partial charge in [-0.2, -0.15) is 5.26 Å². The van der Waals surface area contributed by atoms with E-state index in [0.29, 0.717) is 19.1 Å². The third-order valence-electron chi connectivity index (χ3n) is 3.67. The van der Waals surface area contributed by atoms with Gasteiger partial charge in [0.15, 0.2) is 0 Å². The SMILES string of the molecule is CC(C)NCc1cc(OCC2(CC#N)CC2)ccc1Br. The molecule has 1 saturated carbocycles. The van der Waals surface area contributed by atoms with Crippen molar-refractivity contribution in [2.24, 2.45) is 5.41 Å². The summed E-state index contributed by atoms with van der Waals surface area (Å²) in [6.45, 7) is 5.73. The Labute approximate surface area is 129 Å². The highest BCUT2D eigenvalue weighted by Crippen LogP contribution is 2.48. The van der Waals surface area contributed by atoms with Crippen LogP contribution < -0.4 is 10.1 Å². The van der Waals surface area contributed by atoms with Gasteiger partial charge >= 0.3 is 0 Å². The topological polar surface area (TPSA) is 45.0 Å². The first-order valence-electron chi connectivity index (χ1n) is 7.06. The molecule has 2 rings (SSSR count). The van der Waals surface area contributed by atoms with Crippen molar-refractivity contribution in [3.63, 3.8) is 0 Å². The van der Waals surface area contributed by atoms with Gasteiger partial charge in [-0.1, -0.05) is 29.8 Å². The number of benzene rings is 1. The van der Waals surface area contributed by atoms with Crippen molar-refractivity contribution in [2.75, 3.05) is 6.61 Å². The Morgan fingerprint density at radius 2 is 2.20 bits per heavy atom. The molecular formula is C16H21BrN2O. The lowest BCUT2D eigenvalue weighted by atomic mass is 10.1. The van der Waals surface area contributed by atoms with E-state index in [1.54, 1.807) is 0 Å². The molecule has 0 saturated heterocycles. The van der Waals surface area contributed by atoms with Gasteiger partial charge in [0.05, 0.1) is 12.7 Å². The maximum atomic E-state index is 8.82. The molecule has 1 N–H and O–H groups in total. The lowest BCUT2D eigenvalue weighted by molar-refractivity contribution is 0.236. The van der Waals surface area contributed by atoms with Gasteiger partial charge in [0.2, 0.25) is 0 Å². The van der Waals surface area contributed by atoms with Crippen molar-refractivity contribution in [3.05, 3.63) is 28.2 Å². The first kappa shape index (κ1) is 15.3. The van der Waals surface area contributed by atoms with Gasteiger partial charge in [-0.15, -0.1) is 0 Å². The predicted molar refractivity (Wildman–Crippen MR) is 83.5 cm³/mol. The molecule has 0 unspecified atom stereocenters. The number of hydrogen-bond donors (Lipinski definition) is 1. The standard InChI is InChI=1S/C16H21BrN2O/c1-12(2)19-10-13-9-14(3-4-15(13)17)20-11-16(5-6-16)7-8-18/h3-4,9,12,19H,5-7,10-11H2,1-2H3. The summed E-state index contributed by atoms with van der Waals surface area (Å²) < 4.78 is 6.98. The summed E-state index contributed by atoms with van der Waals surface area (Å²) >= 11 is 3.57. The number of nitriles is 1. The van der Waals surface area contributed by atoms with Crippen LogP contribution in [-0.2, 0) is 6.54 Å². The van der Waals surface area contributed by atoms with Crippen molar-refractivity contribution in [1.29, 1.82) is 5.26 Å². The fourth-order valence-corrected chi connectivity index (χ4v) is 2.43. The Kier molecular flexibility index (Phi) is 5.06. The summed E-state index contributed by atoms with van der Waals surface area (Å²) in [7, 11) is 0. The summed E-state index contributed by atoms with van der Waals surface area (Å²) in [4.78, 5) is 0. The van der Waals surface area contributed by atoms with Crippen LogP contribution in [-0.4, -0.2) is 12.6 Å². The van der Waals surface area contributed by atoms with Gasteiger partial charge in [-0.3, -0.25) is 0 Å². The Morgan fingerprint density at radius 3 is 2.80 bits per heavy atom. The van der Waals surface area contributed by atoms with Crippen LogP contribution in [0.25, 0.3) is 0 Å². The highest BCUT2D eigenvalue weighted by molar-refractivity contribution is 9.10. The normalized spacial score (nSPS) is 15.9. The van der Waals surface area contributed by atoms with Gasteiger partial charge in [0.1, 0.15) is 5.75 Å². The van der Waals surface area contributed by atoms with E-state index in [1.165, 1.54) is 5.56 Å². The Balaban J connectivity index is 1.95. The molecule has 0 aromatic heterocycles. The molecule has 0 heterocycles. The minimum Gasteiger partial charge on any atom is -0.493 e. The third-order valence-corrected chi connectivity index (χ3v) is 4.45. The molecule has 1 aromatic carbocycles. The molecule has 1 aromatic rings. The zero-order valence-corrected chi connectivity index (χ0v) is 13.7. The number of ether oxygens (including phenoxy) is 1. The summed E-state index contributed by atoms with van der Waals surface area (Å²) in [5, 5.41) is 12.2. The molecule has 1 fully saturated rings. The number of nitrogens with one attached hydrogen (secondary N) is 1. The van der Waals surface area contributed by atoms with Crippen molar-refractivity contribution >= 4 is 15.9 Å². The van der Waals surface area contributed by atoms with Gasteiger partial charge < -0.3 is 10.1 Å². The van der Waals surface area contributed by atoms with E-state index in [4.69, 9.17) is 10.00 Å². The van der Waals surface area contributed by atoms with Gasteiger partial charge in [-0.05, 0) is 36.6 Å². The van der Waals surface area contributed by atoms with Crippen molar-refractivity contribution < 1.29 is 4.74 Å². The Morgan fingerprint density at radius 1 is 1.45 bits per heavy atom. The lowest BCUT2D eigenvalue weighted by Crippen LogP contribution is -2.22. The fourth-order valence-electron chi connectivity index (χ4n) is 2.04. The monoisotopic (exact) mass is 336 g/mol. The number of rotatable bonds is 7. The molecule has 4 heteroatoms. The van der Waals surface area contributed by atoms with Crippen LogP contribution in [0.2, 0.25) is 0 Å². The van der Waals surface area contributed by atoms with Crippen molar-refractivity contribution in [1.82, 2.24) is 5.32 Å². The fraction of sp³-hybridized carbons (Fsp3) is 0.562. The smallest absolute Gasteiger partial charge is 0.119 e. The van der Waals surface area contributed by atoms with E-state index in [1.807, 2.05) is 12.1 Å². The molecule has 108 valence electrons. The quantitative estimate of drug-likeness (QED) is 0.817. The Bertz CT molecular complexity index is 504. The first-order chi connectivity index (χ1) is 9.54. The van der Waals surface area contributed by atoms with E-state index < -0.39 is 0 Å². The molecule has 0 atom stereocenters. The minimum absolute atomic E-state index is 0.123.